The number of methoxy groups -OCH3 is 1. The van der Waals surface area contributed by atoms with E-state index >= 15 is 0 Å². The van der Waals surface area contributed by atoms with Crippen molar-refractivity contribution >= 4 is 10.9 Å². The standard InChI is InChI=1S/C26H38N2O3/c1-17(28-15-19(16-28)25(29)30-5)23-12-6-18-14-22(11-13-24(18)27-23)31-21-9-7-20(8-10-21)26(2,3)4/h6,11-14,17,19-21,25,29H,7-10,15-16H2,1-5H3. The summed E-state index contributed by atoms with van der Waals surface area (Å²) >= 11 is 0. The van der Waals surface area contributed by atoms with Gasteiger partial charge in [-0.05, 0) is 68.2 Å². The molecule has 4 rings (SSSR count). The molecule has 1 saturated carbocycles. The van der Waals surface area contributed by atoms with E-state index in [0.29, 0.717) is 11.5 Å². The lowest BCUT2D eigenvalue weighted by atomic mass is 9.72. The van der Waals surface area contributed by atoms with E-state index in [1.54, 1.807) is 7.11 Å². The molecule has 0 spiro atoms. The van der Waals surface area contributed by atoms with E-state index in [1.165, 1.54) is 12.8 Å². The molecular formula is C26H38N2O3. The molecule has 1 aliphatic carbocycles. The summed E-state index contributed by atoms with van der Waals surface area (Å²) in [6, 6.07) is 10.8. The monoisotopic (exact) mass is 426 g/mol. The maximum absolute atomic E-state index is 9.80. The van der Waals surface area contributed by atoms with Crippen LogP contribution >= 0.6 is 0 Å². The highest BCUT2D eigenvalue weighted by Crippen LogP contribution is 2.39. The van der Waals surface area contributed by atoms with Crippen LogP contribution in [-0.4, -0.2) is 47.6 Å². The summed E-state index contributed by atoms with van der Waals surface area (Å²) in [6.07, 6.45) is 4.44. The van der Waals surface area contributed by atoms with Gasteiger partial charge in [0.1, 0.15) is 5.75 Å². The lowest BCUT2D eigenvalue weighted by Gasteiger charge is -2.44. The molecule has 0 radical (unpaired) electrons. The van der Waals surface area contributed by atoms with Crippen molar-refractivity contribution in [2.45, 2.75) is 71.8 Å². The summed E-state index contributed by atoms with van der Waals surface area (Å²) in [7, 11) is 1.55. The van der Waals surface area contributed by atoms with Gasteiger partial charge in [-0.2, -0.15) is 0 Å². The van der Waals surface area contributed by atoms with Crippen molar-refractivity contribution in [3.8, 4) is 5.75 Å². The minimum Gasteiger partial charge on any atom is -0.490 e. The average Bonchev–Trinajstić information content (AvgIpc) is 2.71. The quantitative estimate of drug-likeness (QED) is 0.645. The number of hydrogen-bond acceptors (Lipinski definition) is 5. The number of nitrogens with zero attached hydrogens (tertiary/aromatic N) is 2. The van der Waals surface area contributed by atoms with E-state index in [0.717, 1.165) is 54.2 Å². The lowest BCUT2D eigenvalue weighted by Crippen LogP contribution is -2.53. The summed E-state index contributed by atoms with van der Waals surface area (Å²) in [6.45, 7) is 10.9. The van der Waals surface area contributed by atoms with Crippen LogP contribution in [0.5, 0.6) is 5.75 Å². The van der Waals surface area contributed by atoms with Crippen molar-refractivity contribution in [1.29, 1.82) is 0 Å². The summed E-state index contributed by atoms with van der Waals surface area (Å²) in [5.41, 5.74) is 2.46. The van der Waals surface area contributed by atoms with Gasteiger partial charge >= 0.3 is 0 Å². The average molecular weight is 427 g/mol. The van der Waals surface area contributed by atoms with Gasteiger partial charge in [-0.3, -0.25) is 9.88 Å². The molecule has 31 heavy (non-hydrogen) atoms. The van der Waals surface area contributed by atoms with E-state index in [1.807, 2.05) is 0 Å². The molecule has 170 valence electrons. The van der Waals surface area contributed by atoms with Crippen LogP contribution in [-0.2, 0) is 4.74 Å². The zero-order valence-corrected chi connectivity index (χ0v) is 19.7. The van der Waals surface area contributed by atoms with E-state index in [2.05, 4.69) is 62.9 Å². The summed E-state index contributed by atoms with van der Waals surface area (Å²) in [5.74, 6) is 1.94. The topological polar surface area (TPSA) is 54.8 Å². The summed E-state index contributed by atoms with van der Waals surface area (Å²) in [5, 5.41) is 10.9. The smallest absolute Gasteiger partial charge is 0.159 e. The van der Waals surface area contributed by atoms with Crippen LogP contribution in [0, 0.1) is 17.3 Å². The summed E-state index contributed by atoms with van der Waals surface area (Å²) in [4.78, 5) is 7.23. The molecule has 2 fully saturated rings. The molecule has 5 nitrogen and oxygen atoms in total. The molecule has 0 bridgehead atoms. The number of rotatable bonds is 6. The van der Waals surface area contributed by atoms with Crippen LogP contribution in [0.2, 0.25) is 0 Å². The third-order valence-corrected chi connectivity index (χ3v) is 7.44. The number of pyridine rings is 1. The minimum absolute atomic E-state index is 0.186. The molecule has 0 amide bonds. The van der Waals surface area contributed by atoms with Crippen LogP contribution in [0.3, 0.4) is 0 Å². The minimum atomic E-state index is -0.671. The Morgan fingerprint density at radius 2 is 1.77 bits per heavy atom. The Kier molecular flexibility index (Phi) is 6.57. The summed E-state index contributed by atoms with van der Waals surface area (Å²) < 4.78 is 11.4. The number of benzene rings is 1. The first-order valence-electron chi connectivity index (χ1n) is 11.8. The van der Waals surface area contributed by atoms with Crippen LogP contribution in [0.4, 0.5) is 0 Å². The Balaban J connectivity index is 1.36. The SMILES string of the molecule is COC(O)C1CN(C(C)c2ccc3cc(OC4CCC(C(C)(C)C)CC4)ccc3n2)C1. The molecule has 2 aliphatic rings. The molecule has 2 heterocycles. The fourth-order valence-corrected chi connectivity index (χ4v) is 5.09. The third kappa shape index (κ3) is 5.05. The molecule has 2 atom stereocenters. The number of ether oxygens (including phenoxy) is 2. The largest absolute Gasteiger partial charge is 0.490 e. The highest BCUT2D eigenvalue weighted by atomic mass is 16.6. The first kappa shape index (κ1) is 22.5. The van der Waals surface area contributed by atoms with Crippen LogP contribution in [0.15, 0.2) is 30.3 Å². The van der Waals surface area contributed by atoms with Gasteiger partial charge in [0.2, 0.25) is 0 Å². The number of likely N-dealkylation sites (tertiary alicyclic amines) is 1. The van der Waals surface area contributed by atoms with Crippen molar-refractivity contribution in [3.05, 3.63) is 36.0 Å². The predicted molar refractivity (Wildman–Crippen MR) is 124 cm³/mol. The Morgan fingerprint density at radius 1 is 1.06 bits per heavy atom. The van der Waals surface area contributed by atoms with Crippen molar-refractivity contribution < 1.29 is 14.6 Å². The molecule has 2 unspecified atom stereocenters. The van der Waals surface area contributed by atoms with Crippen LogP contribution in [0.1, 0.15) is 65.1 Å². The molecule has 1 aromatic heterocycles. The molecule has 1 N–H and O–H groups in total. The van der Waals surface area contributed by atoms with Gasteiger partial charge in [0, 0.05) is 37.5 Å². The molecule has 5 heteroatoms. The molecule has 2 aromatic rings. The second-order valence-corrected chi connectivity index (χ2v) is 10.6. The Labute approximate surface area is 186 Å². The van der Waals surface area contributed by atoms with Crippen LogP contribution in [0.25, 0.3) is 10.9 Å². The fraction of sp³-hybridized carbons (Fsp3) is 0.654. The fourth-order valence-electron chi connectivity index (χ4n) is 5.09. The molecular weight excluding hydrogens is 388 g/mol. The number of aliphatic hydroxyl groups excluding tert-OH is 1. The van der Waals surface area contributed by atoms with Crippen molar-refractivity contribution in [2.24, 2.45) is 17.3 Å². The van der Waals surface area contributed by atoms with Gasteiger partial charge in [0.25, 0.3) is 0 Å². The maximum atomic E-state index is 9.80. The Morgan fingerprint density at radius 3 is 2.42 bits per heavy atom. The Hall–Kier alpha value is -1.69. The van der Waals surface area contributed by atoms with Gasteiger partial charge in [-0.25, -0.2) is 0 Å². The van der Waals surface area contributed by atoms with Gasteiger partial charge < -0.3 is 14.6 Å². The second kappa shape index (κ2) is 9.05. The van der Waals surface area contributed by atoms with E-state index < -0.39 is 6.29 Å². The van der Waals surface area contributed by atoms with Crippen molar-refractivity contribution in [3.63, 3.8) is 0 Å². The maximum Gasteiger partial charge on any atom is 0.159 e. The van der Waals surface area contributed by atoms with E-state index in [9.17, 15) is 5.11 Å². The number of aliphatic hydroxyl groups is 1. The predicted octanol–water partition coefficient (Wildman–Crippen LogP) is 5.18. The third-order valence-electron chi connectivity index (χ3n) is 7.44. The molecule has 1 aromatic carbocycles. The van der Waals surface area contributed by atoms with E-state index in [-0.39, 0.29) is 12.0 Å². The van der Waals surface area contributed by atoms with Gasteiger partial charge in [0.15, 0.2) is 6.29 Å². The van der Waals surface area contributed by atoms with Crippen molar-refractivity contribution in [2.75, 3.05) is 20.2 Å². The lowest BCUT2D eigenvalue weighted by molar-refractivity contribution is -0.155. The van der Waals surface area contributed by atoms with Gasteiger partial charge in [-0.1, -0.05) is 26.8 Å². The number of fused-ring (bicyclic) bond motifs is 1. The zero-order valence-electron chi connectivity index (χ0n) is 19.7. The molecule has 1 aliphatic heterocycles. The normalized spacial score (nSPS) is 25.2. The highest BCUT2D eigenvalue weighted by molar-refractivity contribution is 5.80. The highest BCUT2D eigenvalue weighted by Gasteiger charge is 2.36. The number of aromatic nitrogens is 1. The second-order valence-electron chi connectivity index (χ2n) is 10.6. The first-order valence-corrected chi connectivity index (χ1v) is 11.8. The Bertz CT molecular complexity index is 880. The zero-order chi connectivity index (χ0) is 22.2. The number of hydrogen-bond donors (Lipinski definition) is 1. The first-order chi connectivity index (χ1) is 14.7. The van der Waals surface area contributed by atoms with Gasteiger partial charge in [-0.15, -0.1) is 0 Å². The van der Waals surface area contributed by atoms with Gasteiger partial charge in [0.05, 0.1) is 17.3 Å². The molecule has 1 saturated heterocycles. The van der Waals surface area contributed by atoms with Crippen molar-refractivity contribution in [1.82, 2.24) is 9.88 Å². The van der Waals surface area contributed by atoms with E-state index in [4.69, 9.17) is 14.5 Å². The van der Waals surface area contributed by atoms with Crippen LogP contribution < -0.4 is 4.74 Å².